The average molecular weight is 305 g/mol. The minimum absolute atomic E-state index is 0.325. The number of benzene rings is 2. The van der Waals surface area contributed by atoms with Crippen LogP contribution in [0.25, 0.3) is 0 Å². The Labute approximate surface area is 129 Å². The second-order valence-corrected chi connectivity index (χ2v) is 5.40. The third kappa shape index (κ3) is 3.99. The number of aliphatic carboxylic acids is 1. The molecule has 2 aromatic carbocycles. The number of carboxylic acids is 1. The van der Waals surface area contributed by atoms with E-state index < -0.39 is 12.1 Å². The topological polar surface area (TPSA) is 46.5 Å². The van der Waals surface area contributed by atoms with Crippen LogP contribution in [0.1, 0.15) is 16.7 Å². The minimum Gasteiger partial charge on any atom is -0.478 e. The summed E-state index contributed by atoms with van der Waals surface area (Å²) in [5.74, 6) is -0.483. The monoisotopic (exact) mass is 304 g/mol. The number of rotatable bonds is 5. The van der Waals surface area contributed by atoms with Crippen LogP contribution >= 0.6 is 11.6 Å². The molecule has 0 aliphatic carbocycles. The molecule has 0 fully saturated rings. The number of aryl methyl sites for hydroxylation is 1. The number of hydrogen-bond donors (Lipinski definition) is 1. The third-order valence-electron chi connectivity index (χ3n) is 3.49. The van der Waals surface area contributed by atoms with E-state index in [1.165, 1.54) is 0 Å². The van der Waals surface area contributed by atoms with E-state index in [4.69, 9.17) is 16.3 Å². The van der Waals surface area contributed by atoms with Gasteiger partial charge in [0, 0.05) is 11.4 Å². The summed E-state index contributed by atoms with van der Waals surface area (Å²) in [6, 6.07) is 12.6. The predicted octanol–water partition coefficient (Wildman–Crippen LogP) is 4.03. The first-order valence-corrected chi connectivity index (χ1v) is 7.05. The average Bonchev–Trinajstić information content (AvgIpc) is 2.45. The maximum Gasteiger partial charge on any atom is 0.345 e. The second kappa shape index (κ2) is 6.64. The Morgan fingerprint density at radius 1 is 1.19 bits per heavy atom. The van der Waals surface area contributed by atoms with Crippen molar-refractivity contribution in [2.45, 2.75) is 26.4 Å². The lowest BCUT2D eigenvalue weighted by molar-refractivity contribution is -0.145. The first kappa shape index (κ1) is 15.4. The van der Waals surface area contributed by atoms with Crippen molar-refractivity contribution in [1.29, 1.82) is 0 Å². The summed E-state index contributed by atoms with van der Waals surface area (Å²) >= 11 is 5.81. The molecular formula is C17H17ClO3. The standard InChI is InChI=1S/C17H17ClO3/c1-11-4-3-5-13(12(11)2)10-16(17(19)20)21-15-8-6-14(18)7-9-15/h3-9,16H,10H2,1-2H3,(H,19,20)/t16-/m0/s1. The highest BCUT2D eigenvalue weighted by Crippen LogP contribution is 2.20. The molecule has 0 bridgehead atoms. The zero-order chi connectivity index (χ0) is 15.4. The lowest BCUT2D eigenvalue weighted by atomic mass is 9.98. The van der Waals surface area contributed by atoms with E-state index in [0.717, 1.165) is 16.7 Å². The maximum absolute atomic E-state index is 11.4. The number of carboxylic acid groups (broad SMARTS) is 1. The van der Waals surface area contributed by atoms with E-state index in [2.05, 4.69) is 0 Å². The summed E-state index contributed by atoms with van der Waals surface area (Å²) in [4.78, 5) is 11.4. The maximum atomic E-state index is 11.4. The molecule has 110 valence electrons. The van der Waals surface area contributed by atoms with Gasteiger partial charge in [0.15, 0.2) is 6.10 Å². The molecule has 3 nitrogen and oxygen atoms in total. The molecule has 0 heterocycles. The third-order valence-corrected chi connectivity index (χ3v) is 3.74. The van der Waals surface area contributed by atoms with Crippen molar-refractivity contribution in [1.82, 2.24) is 0 Å². The van der Waals surface area contributed by atoms with Crippen molar-refractivity contribution in [3.8, 4) is 5.75 Å². The smallest absolute Gasteiger partial charge is 0.345 e. The molecule has 0 spiro atoms. The SMILES string of the molecule is Cc1cccc(C[C@H](Oc2ccc(Cl)cc2)C(=O)O)c1C. The van der Waals surface area contributed by atoms with Crippen LogP contribution in [0.3, 0.4) is 0 Å². The van der Waals surface area contributed by atoms with E-state index in [0.29, 0.717) is 17.2 Å². The fourth-order valence-electron chi connectivity index (χ4n) is 2.09. The summed E-state index contributed by atoms with van der Waals surface area (Å²) in [5, 5.41) is 9.95. The van der Waals surface area contributed by atoms with Crippen molar-refractivity contribution in [2.75, 3.05) is 0 Å². The van der Waals surface area contributed by atoms with Crippen LogP contribution in [0.15, 0.2) is 42.5 Å². The Balaban J connectivity index is 2.18. The number of halogens is 1. The van der Waals surface area contributed by atoms with Crippen LogP contribution < -0.4 is 4.74 Å². The molecule has 0 aromatic heterocycles. The van der Waals surface area contributed by atoms with Gasteiger partial charge in [-0.15, -0.1) is 0 Å². The summed E-state index contributed by atoms with van der Waals surface area (Å²) in [7, 11) is 0. The van der Waals surface area contributed by atoms with Crippen LogP contribution in [-0.4, -0.2) is 17.2 Å². The van der Waals surface area contributed by atoms with Crippen molar-refractivity contribution in [3.05, 3.63) is 64.2 Å². The van der Waals surface area contributed by atoms with Crippen LogP contribution in [0.5, 0.6) is 5.75 Å². The van der Waals surface area contributed by atoms with Gasteiger partial charge in [-0.1, -0.05) is 29.8 Å². The molecule has 0 radical (unpaired) electrons. The van der Waals surface area contributed by atoms with Gasteiger partial charge in [-0.05, 0) is 54.8 Å². The van der Waals surface area contributed by atoms with Crippen LogP contribution in [-0.2, 0) is 11.2 Å². The Kier molecular flexibility index (Phi) is 4.86. The number of ether oxygens (including phenoxy) is 1. The number of hydrogen-bond acceptors (Lipinski definition) is 2. The van der Waals surface area contributed by atoms with Crippen molar-refractivity contribution < 1.29 is 14.6 Å². The molecule has 1 N–H and O–H groups in total. The van der Waals surface area contributed by atoms with Gasteiger partial charge >= 0.3 is 5.97 Å². The van der Waals surface area contributed by atoms with Gasteiger partial charge in [0.05, 0.1) is 0 Å². The summed E-state index contributed by atoms with van der Waals surface area (Å²) in [5.41, 5.74) is 3.22. The molecule has 0 saturated carbocycles. The van der Waals surface area contributed by atoms with E-state index >= 15 is 0 Å². The molecule has 21 heavy (non-hydrogen) atoms. The largest absolute Gasteiger partial charge is 0.478 e. The Morgan fingerprint density at radius 3 is 2.48 bits per heavy atom. The van der Waals surface area contributed by atoms with Gasteiger partial charge < -0.3 is 9.84 Å². The first-order chi connectivity index (χ1) is 9.97. The molecule has 0 amide bonds. The number of carbonyl (C=O) groups is 1. The molecule has 1 atom stereocenters. The van der Waals surface area contributed by atoms with Crippen LogP contribution in [0, 0.1) is 13.8 Å². The normalized spacial score (nSPS) is 12.0. The zero-order valence-electron chi connectivity index (χ0n) is 12.0. The van der Waals surface area contributed by atoms with Crippen molar-refractivity contribution >= 4 is 17.6 Å². The molecule has 0 aliphatic rings. The van der Waals surface area contributed by atoms with Gasteiger partial charge in [-0.2, -0.15) is 0 Å². The first-order valence-electron chi connectivity index (χ1n) is 6.67. The molecular weight excluding hydrogens is 288 g/mol. The highest BCUT2D eigenvalue weighted by atomic mass is 35.5. The summed E-state index contributed by atoms with van der Waals surface area (Å²) < 4.78 is 5.57. The lowest BCUT2D eigenvalue weighted by Crippen LogP contribution is -2.29. The fourth-order valence-corrected chi connectivity index (χ4v) is 2.22. The molecule has 0 aliphatic heterocycles. The van der Waals surface area contributed by atoms with E-state index in [-0.39, 0.29) is 0 Å². The van der Waals surface area contributed by atoms with E-state index in [1.54, 1.807) is 24.3 Å². The second-order valence-electron chi connectivity index (χ2n) is 4.96. The Bertz CT molecular complexity index is 635. The quantitative estimate of drug-likeness (QED) is 0.907. The highest BCUT2D eigenvalue weighted by Gasteiger charge is 2.21. The van der Waals surface area contributed by atoms with Crippen molar-refractivity contribution in [3.63, 3.8) is 0 Å². The summed E-state index contributed by atoms with van der Waals surface area (Å²) in [6.07, 6.45) is -0.600. The molecule has 2 rings (SSSR count). The molecule has 2 aromatic rings. The fraction of sp³-hybridized carbons (Fsp3) is 0.235. The lowest BCUT2D eigenvalue weighted by Gasteiger charge is -2.17. The molecule has 0 unspecified atom stereocenters. The van der Waals surface area contributed by atoms with Crippen LogP contribution in [0.2, 0.25) is 5.02 Å². The zero-order valence-corrected chi connectivity index (χ0v) is 12.7. The van der Waals surface area contributed by atoms with Crippen LogP contribution in [0.4, 0.5) is 0 Å². The summed E-state index contributed by atoms with van der Waals surface area (Å²) in [6.45, 7) is 4.00. The Hall–Kier alpha value is -2.00. The highest BCUT2D eigenvalue weighted by molar-refractivity contribution is 6.30. The van der Waals surface area contributed by atoms with Gasteiger partial charge in [0.1, 0.15) is 5.75 Å². The van der Waals surface area contributed by atoms with Gasteiger partial charge in [0.25, 0.3) is 0 Å². The Morgan fingerprint density at radius 2 is 1.86 bits per heavy atom. The van der Waals surface area contributed by atoms with E-state index in [9.17, 15) is 9.90 Å². The van der Waals surface area contributed by atoms with Crippen molar-refractivity contribution in [2.24, 2.45) is 0 Å². The predicted molar refractivity (Wildman–Crippen MR) is 83.1 cm³/mol. The molecule has 0 saturated heterocycles. The molecule has 4 heteroatoms. The minimum atomic E-state index is -0.981. The van der Waals surface area contributed by atoms with Gasteiger partial charge in [0.2, 0.25) is 0 Å². The van der Waals surface area contributed by atoms with E-state index in [1.807, 2.05) is 32.0 Å². The van der Waals surface area contributed by atoms with Gasteiger partial charge in [-0.3, -0.25) is 0 Å². The van der Waals surface area contributed by atoms with Gasteiger partial charge in [-0.25, -0.2) is 4.79 Å².